The molecule has 20 heteroatoms. The summed E-state index contributed by atoms with van der Waals surface area (Å²) in [5.41, 5.74) is 3.34. The monoisotopic (exact) mass is 1140 g/mol. The van der Waals surface area contributed by atoms with Crippen LogP contribution in [0.4, 0.5) is 11.4 Å². The van der Waals surface area contributed by atoms with Gasteiger partial charge >= 0.3 is 17.9 Å². The zero-order valence-corrected chi connectivity index (χ0v) is 45.5. The van der Waals surface area contributed by atoms with E-state index in [2.05, 4.69) is 0 Å². The number of non-ortho nitro benzene ring substituents is 2. The smallest absolute Gasteiger partial charge is 0.338 e. The molecule has 2 heterocycles. The minimum Gasteiger partial charge on any atom is -0.466 e. The molecule has 2 saturated heterocycles. The fraction of sp³-hybridized carbons (Fsp3) is 0.266. The van der Waals surface area contributed by atoms with Crippen molar-refractivity contribution < 1.29 is 76.3 Å². The van der Waals surface area contributed by atoms with E-state index in [0.717, 1.165) is 33.9 Å². The number of carbonyl (C=O) groups excluding carboxylic acids is 3. The van der Waals surface area contributed by atoms with Gasteiger partial charge in [0.25, 0.3) is 11.4 Å². The molecule has 0 saturated carbocycles. The van der Waals surface area contributed by atoms with Crippen molar-refractivity contribution in [3.63, 3.8) is 0 Å². The third-order valence-electron chi connectivity index (χ3n) is 13.7. The number of ether oxygens (including phenoxy) is 11. The number of hydrogen-bond donors (Lipinski definition) is 0. The first-order chi connectivity index (χ1) is 40.9. The Labute approximate surface area is 483 Å². The van der Waals surface area contributed by atoms with E-state index in [4.69, 9.17) is 52.1 Å². The van der Waals surface area contributed by atoms with E-state index in [9.17, 15) is 34.6 Å². The van der Waals surface area contributed by atoms with Gasteiger partial charge in [-0.2, -0.15) is 0 Å². The lowest BCUT2D eigenvalue weighted by molar-refractivity contribution is -0.385. The van der Waals surface area contributed by atoms with E-state index in [0.29, 0.717) is 0 Å². The molecule has 2 aliphatic rings. The standard InChI is InChI=1S/C64H60N2O18/c1-74-55(67)35-36-64(60(79-41-48-25-15-6-16-26-48)57(76-38-45-19-9-3-10-20-45)54(83-64)43-81-62(69)50-29-33-52(34-30-50)66(72)73)84-63-59(78-40-47-23-13-5-14-24-47)58(77-39-46-21-11-4-12-22-46)56(75-37-44-17-7-2-8-18-44)53(82-63)42-80-61(68)49-27-31-51(32-28-49)65(70)71/h2-36,53-54,56-60,63H,37-43H2,1H3/b36-35+/t53-,54-,56-,57-,58+,59-,60+,63-,64+/m1/s1. The first kappa shape index (κ1) is 59.8. The summed E-state index contributed by atoms with van der Waals surface area (Å²) in [6, 6.07) is 56.3. The highest BCUT2D eigenvalue weighted by atomic mass is 16.8. The van der Waals surface area contributed by atoms with Crippen LogP contribution >= 0.6 is 0 Å². The number of rotatable bonds is 27. The second-order valence-electron chi connectivity index (χ2n) is 19.5. The minimum atomic E-state index is -2.27. The van der Waals surface area contributed by atoms with Gasteiger partial charge in [-0.15, -0.1) is 0 Å². The molecule has 0 radical (unpaired) electrons. The molecule has 434 valence electrons. The summed E-state index contributed by atoms with van der Waals surface area (Å²) in [4.78, 5) is 63.0. The largest absolute Gasteiger partial charge is 0.466 e. The second-order valence-corrected chi connectivity index (χ2v) is 19.5. The zero-order chi connectivity index (χ0) is 58.7. The molecule has 2 aliphatic heterocycles. The molecular formula is C64H60N2O18. The van der Waals surface area contributed by atoms with Crippen molar-refractivity contribution in [2.75, 3.05) is 20.3 Å². The van der Waals surface area contributed by atoms with Gasteiger partial charge in [0.1, 0.15) is 55.9 Å². The molecule has 7 aromatic rings. The summed E-state index contributed by atoms with van der Waals surface area (Å²) in [5.74, 6) is -4.78. The molecule has 7 aromatic carbocycles. The number of carbonyl (C=O) groups is 3. The molecule has 20 nitrogen and oxygen atoms in total. The fourth-order valence-electron chi connectivity index (χ4n) is 9.45. The van der Waals surface area contributed by atoms with Crippen LogP contribution in [0.15, 0.2) is 212 Å². The van der Waals surface area contributed by atoms with Crippen LogP contribution in [0.1, 0.15) is 48.5 Å². The maximum Gasteiger partial charge on any atom is 0.338 e. The average molecular weight is 1150 g/mol. The molecule has 0 aromatic heterocycles. The number of nitro benzene ring substituents is 2. The van der Waals surface area contributed by atoms with Gasteiger partial charge < -0.3 is 52.1 Å². The summed E-state index contributed by atoms with van der Waals surface area (Å²) in [6.45, 7) is -1.13. The lowest BCUT2D eigenvalue weighted by Crippen LogP contribution is -2.64. The van der Waals surface area contributed by atoms with Crippen LogP contribution in [0, 0.1) is 20.2 Å². The Morgan fingerprint density at radius 3 is 1.25 bits per heavy atom. The fourth-order valence-corrected chi connectivity index (χ4v) is 9.45. The van der Waals surface area contributed by atoms with Gasteiger partial charge in [-0.3, -0.25) is 20.2 Å². The third-order valence-corrected chi connectivity index (χ3v) is 13.7. The molecule has 0 spiro atoms. The summed E-state index contributed by atoms with van der Waals surface area (Å²) in [5, 5.41) is 23.0. The van der Waals surface area contributed by atoms with E-state index in [1.54, 1.807) is 0 Å². The van der Waals surface area contributed by atoms with Gasteiger partial charge in [0.15, 0.2) is 6.29 Å². The predicted octanol–water partition coefficient (Wildman–Crippen LogP) is 10.0. The van der Waals surface area contributed by atoms with E-state index >= 15 is 0 Å². The van der Waals surface area contributed by atoms with Crippen LogP contribution in [0.2, 0.25) is 0 Å². The number of hydrogen-bond acceptors (Lipinski definition) is 18. The van der Waals surface area contributed by atoms with Crippen molar-refractivity contribution in [1.82, 2.24) is 0 Å². The van der Waals surface area contributed by atoms with Crippen LogP contribution in [0.25, 0.3) is 0 Å². The molecule has 9 rings (SSSR count). The van der Waals surface area contributed by atoms with Crippen molar-refractivity contribution in [3.05, 3.63) is 272 Å². The highest BCUT2D eigenvalue weighted by Gasteiger charge is 2.61. The van der Waals surface area contributed by atoms with Crippen LogP contribution in [0.5, 0.6) is 0 Å². The number of nitrogens with zero attached hydrogens (tertiary/aromatic N) is 2. The number of methoxy groups -OCH3 is 1. The summed E-state index contributed by atoms with van der Waals surface area (Å²) < 4.78 is 72.9. The second kappa shape index (κ2) is 29.4. The quantitative estimate of drug-likeness (QED) is 0.0153. The predicted molar refractivity (Wildman–Crippen MR) is 300 cm³/mol. The van der Waals surface area contributed by atoms with Gasteiger partial charge in [-0.1, -0.05) is 152 Å². The lowest BCUT2D eigenvalue weighted by Gasteiger charge is -2.48. The topological polar surface area (TPSA) is 239 Å². The Kier molecular flexibility index (Phi) is 20.9. The summed E-state index contributed by atoms with van der Waals surface area (Å²) in [7, 11) is 1.19. The van der Waals surface area contributed by atoms with Crippen molar-refractivity contribution in [3.8, 4) is 0 Å². The van der Waals surface area contributed by atoms with E-state index < -0.39 is 95.8 Å². The summed E-state index contributed by atoms with van der Waals surface area (Å²) in [6.07, 6.45) is -7.87. The molecule has 9 atom stereocenters. The van der Waals surface area contributed by atoms with Crippen molar-refractivity contribution >= 4 is 29.3 Å². The van der Waals surface area contributed by atoms with Crippen LogP contribution in [0.3, 0.4) is 0 Å². The Balaban J connectivity index is 1.16. The molecular weight excluding hydrogens is 1080 g/mol. The molecule has 0 amide bonds. The molecule has 84 heavy (non-hydrogen) atoms. The van der Waals surface area contributed by atoms with Gasteiger partial charge in [0.05, 0.1) is 61.1 Å². The normalized spacial score (nSPS) is 22.0. The van der Waals surface area contributed by atoms with Gasteiger partial charge in [-0.05, 0) is 58.2 Å². The van der Waals surface area contributed by atoms with E-state index in [-0.39, 0.29) is 55.5 Å². The van der Waals surface area contributed by atoms with E-state index in [1.165, 1.54) is 61.7 Å². The van der Waals surface area contributed by atoms with Crippen LogP contribution in [-0.2, 0) is 89.9 Å². The highest BCUT2D eigenvalue weighted by molar-refractivity contribution is 5.90. The van der Waals surface area contributed by atoms with Crippen molar-refractivity contribution in [2.45, 2.75) is 87.8 Å². The van der Waals surface area contributed by atoms with Gasteiger partial charge in [0, 0.05) is 30.3 Å². The molecule has 0 N–H and O–H groups in total. The minimum absolute atomic E-state index is 0.00486. The van der Waals surface area contributed by atoms with Gasteiger partial charge in [-0.25, -0.2) is 14.4 Å². The average Bonchev–Trinajstić information content (AvgIpc) is 2.27. The maximum atomic E-state index is 13.9. The van der Waals surface area contributed by atoms with Crippen molar-refractivity contribution in [2.24, 2.45) is 0 Å². The number of benzene rings is 7. The Bertz CT molecular complexity index is 3270. The Morgan fingerprint density at radius 1 is 0.476 bits per heavy atom. The lowest BCUT2D eigenvalue weighted by atomic mass is 9.97. The Morgan fingerprint density at radius 2 is 0.845 bits per heavy atom. The molecule has 0 unspecified atom stereocenters. The SMILES string of the molecule is COC(=O)/C=C/[C@@]1(O[C@H]2O[C@H](COC(=O)c3ccc([N+](=O)[O-])cc3)[C@@H](OCc3ccccc3)[C@H](OCc3ccccc3)[C@H]2OCc2ccccc2)O[C@H](COC(=O)c2ccc([N+](=O)[O-])cc2)[C@@H](OCc2ccccc2)[C@@H]1OCc1ccccc1. The Hall–Kier alpha value is -8.83. The number of nitro groups is 2. The van der Waals surface area contributed by atoms with Crippen molar-refractivity contribution in [1.29, 1.82) is 0 Å². The van der Waals surface area contributed by atoms with Crippen LogP contribution in [-0.4, -0.2) is 103 Å². The maximum absolute atomic E-state index is 13.9. The highest BCUT2D eigenvalue weighted by Crippen LogP contribution is 2.43. The zero-order valence-electron chi connectivity index (χ0n) is 45.5. The molecule has 2 fully saturated rings. The molecule has 0 aliphatic carbocycles. The van der Waals surface area contributed by atoms with Gasteiger partial charge in [0.2, 0.25) is 5.79 Å². The van der Waals surface area contributed by atoms with Crippen LogP contribution < -0.4 is 0 Å². The third kappa shape index (κ3) is 16.0. The first-order valence-electron chi connectivity index (χ1n) is 26.8. The first-order valence-corrected chi connectivity index (χ1v) is 26.8. The molecule has 0 bridgehead atoms. The number of esters is 3. The summed E-state index contributed by atoms with van der Waals surface area (Å²) >= 11 is 0. The van der Waals surface area contributed by atoms with E-state index in [1.807, 2.05) is 152 Å².